The summed E-state index contributed by atoms with van der Waals surface area (Å²) in [6, 6.07) is 7.06. The molecule has 6 nitrogen and oxygen atoms in total. The molecule has 0 aliphatic rings. The molecule has 1 atom stereocenters. The summed E-state index contributed by atoms with van der Waals surface area (Å²) in [6.45, 7) is 3.63. The maximum absolute atomic E-state index is 13.7. The molecule has 3 rings (SSSR count). The molecule has 0 radical (unpaired) electrons. The van der Waals surface area contributed by atoms with Gasteiger partial charge in [-0.25, -0.2) is 9.50 Å². The number of methoxy groups -OCH3 is 1. The number of nitrogens with zero attached hydrogens (tertiary/aromatic N) is 3. The molecule has 29 heavy (non-hydrogen) atoms. The van der Waals surface area contributed by atoms with Gasteiger partial charge in [-0.05, 0) is 43.7 Å². The zero-order valence-electron chi connectivity index (χ0n) is 15.8. The molecule has 2 aromatic heterocycles. The molecule has 2 heterocycles. The van der Waals surface area contributed by atoms with Crippen LogP contribution in [0.4, 0.5) is 13.2 Å². The number of aromatic nitrogens is 3. The van der Waals surface area contributed by atoms with E-state index in [1.807, 2.05) is 6.92 Å². The quantitative estimate of drug-likeness (QED) is 0.647. The van der Waals surface area contributed by atoms with Crippen molar-refractivity contribution in [2.24, 2.45) is 0 Å². The summed E-state index contributed by atoms with van der Waals surface area (Å²) in [5.74, 6) is -0.105. The second-order valence-corrected chi connectivity index (χ2v) is 6.81. The smallest absolute Gasteiger partial charge is 0.433 e. The third-order valence-electron chi connectivity index (χ3n) is 4.41. The molecule has 154 valence electrons. The maximum atomic E-state index is 13.7. The fourth-order valence-electron chi connectivity index (χ4n) is 2.64. The van der Waals surface area contributed by atoms with E-state index >= 15 is 0 Å². The fraction of sp³-hybridized carbons (Fsp3) is 0.316. The summed E-state index contributed by atoms with van der Waals surface area (Å²) in [6.07, 6.45) is -4.09. The van der Waals surface area contributed by atoms with Gasteiger partial charge in [0.15, 0.2) is 17.0 Å². The van der Waals surface area contributed by atoms with Crippen LogP contribution >= 0.6 is 11.6 Å². The third-order valence-corrected chi connectivity index (χ3v) is 4.76. The predicted octanol–water partition coefficient (Wildman–Crippen LogP) is 4.61. The van der Waals surface area contributed by atoms with Gasteiger partial charge in [-0.2, -0.15) is 18.3 Å². The van der Waals surface area contributed by atoms with Crippen molar-refractivity contribution >= 4 is 23.2 Å². The van der Waals surface area contributed by atoms with Crippen molar-refractivity contribution in [3.8, 4) is 17.0 Å². The molecular weight excluding hydrogens is 409 g/mol. The van der Waals surface area contributed by atoms with E-state index in [-0.39, 0.29) is 28.1 Å². The van der Waals surface area contributed by atoms with Crippen LogP contribution in [0.25, 0.3) is 16.9 Å². The minimum atomic E-state index is -4.73. The van der Waals surface area contributed by atoms with Gasteiger partial charge >= 0.3 is 6.18 Å². The summed E-state index contributed by atoms with van der Waals surface area (Å²) in [7, 11) is 1.49. The van der Waals surface area contributed by atoms with Gasteiger partial charge in [0.2, 0.25) is 0 Å². The molecule has 10 heteroatoms. The Kier molecular flexibility index (Phi) is 5.70. The Morgan fingerprint density at radius 2 is 1.97 bits per heavy atom. The Labute approximate surface area is 169 Å². The van der Waals surface area contributed by atoms with Crippen LogP contribution in [-0.2, 0) is 6.18 Å². The van der Waals surface area contributed by atoms with E-state index < -0.39 is 17.8 Å². The highest BCUT2D eigenvalue weighted by Gasteiger charge is 2.36. The lowest BCUT2D eigenvalue weighted by molar-refractivity contribution is -0.142. The predicted molar refractivity (Wildman–Crippen MR) is 102 cm³/mol. The molecule has 0 fully saturated rings. The van der Waals surface area contributed by atoms with Gasteiger partial charge in [0.25, 0.3) is 5.91 Å². The highest BCUT2D eigenvalue weighted by atomic mass is 35.5. The van der Waals surface area contributed by atoms with E-state index in [2.05, 4.69) is 15.4 Å². The minimum Gasteiger partial charge on any atom is -0.497 e. The van der Waals surface area contributed by atoms with E-state index in [1.165, 1.54) is 7.11 Å². The van der Waals surface area contributed by atoms with Crippen molar-refractivity contribution in [2.45, 2.75) is 32.5 Å². The summed E-state index contributed by atoms with van der Waals surface area (Å²) in [5, 5.41) is 6.20. The molecule has 1 aromatic carbocycles. The number of amides is 1. The number of hydrogen-bond acceptors (Lipinski definition) is 4. The number of halogens is 4. The highest BCUT2D eigenvalue weighted by molar-refractivity contribution is 6.36. The van der Waals surface area contributed by atoms with E-state index in [0.29, 0.717) is 22.2 Å². The number of carbonyl (C=O) groups is 1. The topological polar surface area (TPSA) is 68.5 Å². The Balaban J connectivity index is 2.18. The van der Waals surface area contributed by atoms with Crippen molar-refractivity contribution in [3.05, 3.63) is 46.7 Å². The maximum Gasteiger partial charge on any atom is 0.433 e. The van der Waals surface area contributed by atoms with Crippen LogP contribution in [0.1, 0.15) is 36.5 Å². The number of rotatable bonds is 5. The van der Waals surface area contributed by atoms with Crippen molar-refractivity contribution in [1.29, 1.82) is 0 Å². The standard InChI is InChI=1S/C19H18ClF3N4O2/c1-4-10(2)24-18(28)16-15(20)17-25-13(11-5-7-12(29-3)8-6-11)9-14(19(21,22)23)27(17)26-16/h5-10H,4H2,1-3H3,(H,24,28). The largest absolute Gasteiger partial charge is 0.497 e. The van der Waals surface area contributed by atoms with Crippen LogP contribution in [0, 0.1) is 0 Å². The zero-order valence-corrected chi connectivity index (χ0v) is 16.6. The van der Waals surface area contributed by atoms with E-state index in [9.17, 15) is 18.0 Å². The van der Waals surface area contributed by atoms with E-state index in [4.69, 9.17) is 16.3 Å². The van der Waals surface area contributed by atoms with Gasteiger partial charge in [0, 0.05) is 11.6 Å². The second-order valence-electron chi connectivity index (χ2n) is 6.43. The van der Waals surface area contributed by atoms with Gasteiger partial charge in [0.05, 0.1) is 12.8 Å². The Morgan fingerprint density at radius 3 is 2.52 bits per heavy atom. The number of nitrogens with one attached hydrogen (secondary N) is 1. The Bertz CT molecular complexity index is 1050. The van der Waals surface area contributed by atoms with Crippen LogP contribution in [0.2, 0.25) is 5.02 Å². The number of alkyl halides is 3. The Morgan fingerprint density at radius 1 is 1.31 bits per heavy atom. The van der Waals surface area contributed by atoms with Crippen molar-refractivity contribution in [2.75, 3.05) is 7.11 Å². The molecule has 0 aliphatic heterocycles. The van der Waals surface area contributed by atoms with Crippen LogP contribution < -0.4 is 10.1 Å². The summed E-state index contributed by atoms with van der Waals surface area (Å²) >= 11 is 6.21. The van der Waals surface area contributed by atoms with Gasteiger partial charge in [0.1, 0.15) is 10.8 Å². The molecular formula is C19H18ClF3N4O2. The van der Waals surface area contributed by atoms with E-state index in [1.54, 1.807) is 31.2 Å². The number of hydrogen-bond donors (Lipinski definition) is 1. The lowest BCUT2D eigenvalue weighted by Gasteiger charge is -2.11. The summed E-state index contributed by atoms with van der Waals surface area (Å²) in [4.78, 5) is 16.6. The highest BCUT2D eigenvalue weighted by Crippen LogP contribution is 2.34. The summed E-state index contributed by atoms with van der Waals surface area (Å²) < 4.78 is 46.7. The number of benzene rings is 1. The van der Waals surface area contributed by atoms with Gasteiger partial charge in [-0.1, -0.05) is 18.5 Å². The Hall–Kier alpha value is -2.81. The van der Waals surface area contributed by atoms with Crippen LogP contribution in [-0.4, -0.2) is 33.7 Å². The monoisotopic (exact) mass is 426 g/mol. The van der Waals surface area contributed by atoms with Crippen molar-refractivity contribution < 1.29 is 22.7 Å². The average molecular weight is 427 g/mol. The lowest BCUT2D eigenvalue weighted by Crippen LogP contribution is -2.32. The molecule has 0 saturated carbocycles. The molecule has 0 saturated heterocycles. The number of fused-ring (bicyclic) bond motifs is 1. The SMILES string of the molecule is CCC(C)NC(=O)c1nn2c(C(F)(F)F)cc(-c3ccc(OC)cc3)nc2c1Cl. The molecule has 3 aromatic rings. The molecule has 1 amide bonds. The fourth-order valence-corrected chi connectivity index (χ4v) is 2.89. The van der Waals surface area contributed by atoms with Gasteiger partial charge < -0.3 is 10.1 Å². The van der Waals surface area contributed by atoms with Crippen molar-refractivity contribution in [3.63, 3.8) is 0 Å². The molecule has 0 spiro atoms. The van der Waals surface area contributed by atoms with E-state index in [0.717, 1.165) is 6.07 Å². The molecule has 1 unspecified atom stereocenters. The van der Waals surface area contributed by atoms with Gasteiger partial charge in [-0.15, -0.1) is 0 Å². The first-order valence-corrected chi connectivity index (χ1v) is 9.15. The number of ether oxygens (including phenoxy) is 1. The molecule has 0 bridgehead atoms. The molecule has 0 aliphatic carbocycles. The first-order chi connectivity index (χ1) is 13.7. The first-order valence-electron chi connectivity index (χ1n) is 8.77. The second kappa shape index (κ2) is 7.90. The normalized spacial score (nSPS) is 12.8. The summed E-state index contributed by atoms with van der Waals surface area (Å²) in [5.41, 5.74) is -1.17. The zero-order chi connectivity index (χ0) is 21.3. The molecule has 1 N–H and O–H groups in total. The lowest BCUT2D eigenvalue weighted by atomic mass is 10.1. The first kappa shape index (κ1) is 20.9. The van der Waals surface area contributed by atoms with Crippen LogP contribution in [0.3, 0.4) is 0 Å². The number of carbonyl (C=O) groups excluding carboxylic acids is 1. The van der Waals surface area contributed by atoms with Crippen LogP contribution in [0.15, 0.2) is 30.3 Å². The third kappa shape index (κ3) is 4.14. The van der Waals surface area contributed by atoms with Gasteiger partial charge in [-0.3, -0.25) is 4.79 Å². The average Bonchev–Trinajstić information content (AvgIpc) is 3.03. The van der Waals surface area contributed by atoms with Crippen LogP contribution in [0.5, 0.6) is 5.75 Å². The van der Waals surface area contributed by atoms with Crippen molar-refractivity contribution in [1.82, 2.24) is 19.9 Å². The minimum absolute atomic E-state index is 0.0446.